The molecule has 0 fully saturated rings. The molecule has 0 saturated heterocycles. The Hall–Kier alpha value is -1.29. The molecule has 0 rings (SSSR count). The zero-order valence-corrected chi connectivity index (χ0v) is 11.9. The summed E-state index contributed by atoms with van der Waals surface area (Å²) in [5.41, 5.74) is 0. The van der Waals surface area contributed by atoms with E-state index in [0.717, 1.165) is 0 Å². The van der Waals surface area contributed by atoms with Gasteiger partial charge in [0.25, 0.3) is 0 Å². The van der Waals surface area contributed by atoms with E-state index < -0.39 is 6.10 Å². The first kappa shape index (κ1) is 17.7. The average molecular weight is 272 g/mol. The third kappa shape index (κ3) is 10.3. The van der Waals surface area contributed by atoms with Gasteiger partial charge in [0.15, 0.2) is 0 Å². The Morgan fingerprint density at radius 1 is 1.47 bits per heavy atom. The fourth-order valence-corrected chi connectivity index (χ4v) is 1.28. The van der Waals surface area contributed by atoms with Crippen LogP contribution in [-0.4, -0.2) is 68.2 Å². The fraction of sp³-hybridized carbons (Fsp3) is 0.769. The molecule has 0 saturated carbocycles. The molecular weight excluding hydrogens is 248 g/mol. The van der Waals surface area contributed by atoms with Crippen LogP contribution in [-0.2, 0) is 9.47 Å². The van der Waals surface area contributed by atoms with Crippen molar-refractivity contribution in [3.8, 4) is 12.3 Å². The van der Waals surface area contributed by atoms with E-state index in [1.54, 1.807) is 7.05 Å². The number of hydrogen-bond donors (Lipinski definition) is 2. The van der Waals surface area contributed by atoms with Crippen molar-refractivity contribution in [3.05, 3.63) is 0 Å². The quantitative estimate of drug-likeness (QED) is 0.460. The van der Waals surface area contributed by atoms with Crippen LogP contribution in [0, 0.1) is 12.3 Å². The zero-order chi connectivity index (χ0) is 14.7. The molecule has 0 aliphatic rings. The normalized spacial score (nSPS) is 12.0. The maximum atomic E-state index is 11.4. The Bertz CT molecular complexity index is 289. The van der Waals surface area contributed by atoms with Gasteiger partial charge in [-0.15, -0.1) is 6.42 Å². The maximum absolute atomic E-state index is 11.4. The van der Waals surface area contributed by atoms with Gasteiger partial charge in [-0.1, -0.05) is 5.92 Å². The number of amides is 2. The topological polar surface area (TPSA) is 71.0 Å². The minimum Gasteiger partial charge on any atom is -0.389 e. The van der Waals surface area contributed by atoms with Crippen LogP contribution in [0.5, 0.6) is 0 Å². The SMILES string of the molecule is C#CCNC(=O)N(C)CC(O)COCCOC(C)C. The molecule has 0 heterocycles. The Labute approximate surface area is 115 Å². The van der Waals surface area contributed by atoms with E-state index in [1.807, 2.05) is 13.8 Å². The van der Waals surface area contributed by atoms with E-state index in [9.17, 15) is 9.90 Å². The van der Waals surface area contributed by atoms with E-state index in [0.29, 0.717) is 13.2 Å². The number of aliphatic hydroxyl groups excluding tert-OH is 1. The number of nitrogens with zero attached hydrogens (tertiary/aromatic N) is 1. The number of hydrogen-bond acceptors (Lipinski definition) is 4. The highest BCUT2D eigenvalue weighted by Gasteiger charge is 2.13. The number of ether oxygens (including phenoxy) is 2. The van der Waals surface area contributed by atoms with Crippen molar-refractivity contribution in [1.82, 2.24) is 10.2 Å². The van der Waals surface area contributed by atoms with Crippen molar-refractivity contribution in [2.75, 3.05) is 40.0 Å². The molecule has 6 heteroatoms. The van der Waals surface area contributed by atoms with Gasteiger partial charge in [0.2, 0.25) is 0 Å². The molecule has 0 bridgehead atoms. The van der Waals surface area contributed by atoms with Gasteiger partial charge in [-0.05, 0) is 13.8 Å². The molecule has 110 valence electrons. The number of carbonyl (C=O) groups excluding carboxylic acids is 1. The van der Waals surface area contributed by atoms with Gasteiger partial charge in [-0.3, -0.25) is 0 Å². The van der Waals surface area contributed by atoms with Crippen molar-refractivity contribution >= 4 is 6.03 Å². The van der Waals surface area contributed by atoms with Crippen LogP contribution in [0.3, 0.4) is 0 Å². The third-order valence-electron chi connectivity index (χ3n) is 2.16. The lowest BCUT2D eigenvalue weighted by molar-refractivity contribution is -0.0147. The highest BCUT2D eigenvalue weighted by molar-refractivity contribution is 5.74. The van der Waals surface area contributed by atoms with Gasteiger partial charge in [0.05, 0.1) is 45.1 Å². The van der Waals surface area contributed by atoms with Gasteiger partial charge in [-0.25, -0.2) is 4.79 Å². The lowest BCUT2D eigenvalue weighted by Crippen LogP contribution is -2.42. The minimum absolute atomic E-state index is 0.161. The largest absolute Gasteiger partial charge is 0.389 e. The Kier molecular flexibility index (Phi) is 9.90. The highest BCUT2D eigenvalue weighted by atomic mass is 16.5. The molecule has 0 aromatic rings. The molecule has 2 amide bonds. The number of nitrogens with one attached hydrogen (secondary N) is 1. The van der Waals surface area contributed by atoms with E-state index >= 15 is 0 Å². The summed E-state index contributed by atoms with van der Waals surface area (Å²) >= 11 is 0. The van der Waals surface area contributed by atoms with E-state index in [-0.39, 0.29) is 31.8 Å². The third-order valence-corrected chi connectivity index (χ3v) is 2.16. The molecule has 0 spiro atoms. The predicted molar refractivity (Wildman–Crippen MR) is 72.8 cm³/mol. The van der Waals surface area contributed by atoms with Gasteiger partial charge >= 0.3 is 6.03 Å². The summed E-state index contributed by atoms with van der Waals surface area (Å²) < 4.78 is 10.5. The van der Waals surface area contributed by atoms with Crippen LogP contribution in [0.1, 0.15) is 13.8 Å². The molecular formula is C13H24N2O4. The first-order chi connectivity index (χ1) is 8.97. The molecule has 6 nitrogen and oxygen atoms in total. The van der Waals surface area contributed by atoms with Crippen molar-refractivity contribution in [2.45, 2.75) is 26.1 Å². The van der Waals surface area contributed by atoms with Crippen LogP contribution < -0.4 is 5.32 Å². The smallest absolute Gasteiger partial charge is 0.317 e. The molecule has 0 aliphatic carbocycles. The lowest BCUT2D eigenvalue weighted by atomic mass is 10.3. The Morgan fingerprint density at radius 2 is 2.16 bits per heavy atom. The summed E-state index contributed by atoms with van der Waals surface area (Å²) in [4.78, 5) is 12.8. The number of urea groups is 1. The molecule has 1 atom stereocenters. The number of aliphatic hydroxyl groups is 1. The van der Waals surface area contributed by atoms with Crippen LogP contribution in [0.25, 0.3) is 0 Å². The van der Waals surface area contributed by atoms with Crippen molar-refractivity contribution in [1.29, 1.82) is 0 Å². The summed E-state index contributed by atoms with van der Waals surface area (Å²) in [7, 11) is 1.58. The first-order valence-corrected chi connectivity index (χ1v) is 6.27. The second-order valence-corrected chi connectivity index (χ2v) is 4.39. The number of carbonyl (C=O) groups is 1. The summed E-state index contributed by atoms with van der Waals surface area (Å²) in [6.45, 7) is 5.31. The molecule has 0 aliphatic heterocycles. The maximum Gasteiger partial charge on any atom is 0.317 e. The predicted octanol–water partition coefficient (Wildman–Crippen LogP) is 0.0635. The van der Waals surface area contributed by atoms with Crippen molar-refractivity contribution in [3.63, 3.8) is 0 Å². The van der Waals surface area contributed by atoms with E-state index in [4.69, 9.17) is 15.9 Å². The number of likely N-dealkylation sites (N-methyl/N-ethyl adjacent to an activating group) is 1. The number of rotatable bonds is 9. The monoisotopic (exact) mass is 272 g/mol. The molecule has 0 radical (unpaired) electrons. The fourth-order valence-electron chi connectivity index (χ4n) is 1.28. The van der Waals surface area contributed by atoms with Crippen LogP contribution >= 0.6 is 0 Å². The van der Waals surface area contributed by atoms with Crippen LogP contribution in [0.2, 0.25) is 0 Å². The van der Waals surface area contributed by atoms with Crippen molar-refractivity contribution in [2.24, 2.45) is 0 Å². The van der Waals surface area contributed by atoms with Crippen LogP contribution in [0.15, 0.2) is 0 Å². The molecule has 19 heavy (non-hydrogen) atoms. The summed E-state index contributed by atoms with van der Waals surface area (Å²) in [5.74, 6) is 2.30. The summed E-state index contributed by atoms with van der Waals surface area (Å²) in [5, 5.41) is 12.2. The van der Waals surface area contributed by atoms with Gasteiger partial charge in [-0.2, -0.15) is 0 Å². The highest BCUT2D eigenvalue weighted by Crippen LogP contribution is 1.93. The van der Waals surface area contributed by atoms with Gasteiger partial charge in [0.1, 0.15) is 0 Å². The Morgan fingerprint density at radius 3 is 2.74 bits per heavy atom. The Balaban J connectivity index is 3.64. The van der Waals surface area contributed by atoms with Crippen LogP contribution in [0.4, 0.5) is 4.79 Å². The van der Waals surface area contributed by atoms with E-state index in [1.165, 1.54) is 4.90 Å². The first-order valence-electron chi connectivity index (χ1n) is 6.27. The summed E-state index contributed by atoms with van der Waals surface area (Å²) in [6.07, 6.45) is 4.46. The molecule has 0 aromatic heterocycles. The molecule has 2 N–H and O–H groups in total. The molecule has 1 unspecified atom stereocenters. The van der Waals surface area contributed by atoms with Gasteiger partial charge < -0.3 is 24.8 Å². The van der Waals surface area contributed by atoms with Crippen molar-refractivity contribution < 1.29 is 19.4 Å². The van der Waals surface area contributed by atoms with E-state index in [2.05, 4.69) is 11.2 Å². The number of terminal acetylenes is 1. The van der Waals surface area contributed by atoms with Gasteiger partial charge in [0, 0.05) is 7.05 Å². The zero-order valence-electron chi connectivity index (χ0n) is 11.9. The second kappa shape index (κ2) is 10.6. The minimum atomic E-state index is -0.736. The molecule has 0 aromatic carbocycles. The summed E-state index contributed by atoms with van der Waals surface area (Å²) in [6, 6.07) is -0.319. The second-order valence-electron chi connectivity index (χ2n) is 4.39. The lowest BCUT2D eigenvalue weighted by Gasteiger charge is -2.20. The standard InChI is InChI=1S/C13H24N2O4/c1-5-6-14-13(17)15(4)9-12(16)10-18-7-8-19-11(2)3/h1,11-12,16H,6-10H2,2-4H3,(H,14,17). The average Bonchev–Trinajstić information content (AvgIpc) is 2.34.